The van der Waals surface area contributed by atoms with Crippen molar-refractivity contribution in [1.29, 1.82) is 0 Å². The van der Waals surface area contributed by atoms with Gasteiger partial charge in [-0.3, -0.25) is 15.1 Å². The number of nitrogens with zero attached hydrogens (tertiary/aromatic N) is 5. The molecule has 0 saturated heterocycles. The summed E-state index contributed by atoms with van der Waals surface area (Å²) >= 11 is 1.30. The van der Waals surface area contributed by atoms with Gasteiger partial charge in [0.2, 0.25) is 11.1 Å². The van der Waals surface area contributed by atoms with Gasteiger partial charge in [0, 0.05) is 35.3 Å². The lowest BCUT2D eigenvalue weighted by molar-refractivity contribution is -0.113. The van der Waals surface area contributed by atoms with E-state index in [1.165, 1.54) is 22.5 Å². The van der Waals surface area contributed by atoms with Crippen molar-refractivity contribution in [2.45, 2.75) is 45.6 Å². The summed E-state index contributed by atoms with van der Waals surface area (Å²) in [6.45, 7) is 6.07. The highest BCUT2D eigenvalue weighted by Gasteiger charge is 2.39. The second-order valence-corrected chi connectivity index (χ2v) is 12.0. The maximum absolute atomic E-state index is 13.8. The molecule has 4 aromatic rings. The van der Waals surface area contributed by atoms with Crippen molar-refractivity contribution in [3.63, 3.8) is 0 Å². The first-order valence-electron chi connectivity index (χ1n) is 14.1. The third kappa shape index (κ3) is 4.87. The van der Waals surface area contributed by atoms with Crippen LogP contribution in [-0.2, 0) is 4.79 Å². The molecule has 42 heavy (non-hydrogen) atoms. The summed E-state index contributed by atoms with van der Waals surface area (Å²) < 4.78 is 0. The predicted molar refractivity (Wildman–Crippen MR) is 167 cm³/mol. The van der Waals surface area contributed by atoms with E-state index >= 15 is 0 Å². The number of anilines is 2. The van der Waals surface area contributed by atoms with Gasteiger partial charge >= 0.3 is 0 Å². The number of pyridine rings is 1. The van der Waals surface area contributed by atoms with E-state index in [9.17, 15) is 4.79 Å². The van der Waals surface area contributed by atoms with E-state index in [1.807, 2.05) is 50.2 Å². The Morgan fingerprint density at radius 3 is 2.64 bits per heavy atom. The first-order valence-corrected chi connectivity index (χ1v) is 14.9. The lowest BCUT2D eigenvalue weighted by atomic mass is 9.71. The van der Waals surface area contributed by atoms with Gasteiger partial charge in [0.1, 0.15) is 11.9 Å². The number of carbonyl (C=O) groups excluding carboxylic acids is 1. The van der Waals surface area contributed by atoms with Crippen LogP contribution in [0.3, 0.4) is 0 Å². The average Bonchev–Trinajstić information content (AvgIpc) is 3.30. The number of benzene rings is 2. The lowest BCUT2D eigenvalue weighted by Crippen LogP contribution is -2.36. The Labute approximate surface area is 248 Å². The third-order valence-electron chi connectivity index (χ3n) is 8.17. The Morgan fingerprint density at radius 2 is 1.83 bits per heavy atom. The highest BCUT2D eigenvalue weighted by Crippen LogP contribution is 2.48. The number of fused-ring (bicyclic) bond motifs is 1. The van der Waals surface area contributed by atoms with Crippen molar-refractivity contribution < 1.29 is 4.79 Å². The molecule has 5 heterocycles. The zero-order valence-corrected chi connectivity index (χ0v) is 24.4. The first kappa shape index (κ1) is 26.2. The Hall–Kier alpha value is -4.70. The molecule has 2 bridgehead atoms. The van der Waals surface area contributed by atoms with Crippen LogP contribution in [-0.4, -0.2) is 32.9 Å². The van der Waals surface area contributed by atoms with Crippen LogP contribution in [0.15, 0.2) is 88.2 Å². The highest BCUT2D eigenvalue weighted by molar-refractivity contribution is 7.18. The molecule has 3 aliphatic heterocycles. The summed E-state index contributed by atoms with van der Waals surface area (Å²) in [4.78, 5) is 28.0. The number of hydrogen-bond acceptors (Lipinski definition) is 8. The number of guanidine groups is 1. The number of carbonyl (C=O) groups is 1. The summed E-state index contributed by atoms with van der Waals surface area (Å²) in [5.74, 6) is 2.04. The monoisotopic (exact) mass is 574 g/mol. The molecule has 1 unspecified atom stereocenters. The van der Waals surface area contributed by atoms with Crippen LogP contribution < -0.4 is 16.0 Å². The Kier molecular flexibility index (Phi) is 6.62. The number of allylic oxidation sites excluding steroid dienone is 1. The van der Waals surface area contributed by atoms with Crippen LogP contribution in [0.4, 0.5) is 10.8 Å². The van der Waals surface area contributed by atoms with Gasteiger partial charge in [-0.05, 0) is 74.4 Å². The molecule has 0 spiro atoms. The molecule has 1 saturated carbocycles. The van der Waals surface area contributed by atoms with Crippen LogP contribution in [0.2, 0.25) is 0 Å². The fourth-order valence-electron chi connectivity index (χ4n) is 5.88. The number of amidine groups is 1. The van der Waals surface area contributed by atoms with E-state index in [4.69, 9.17) is 9.98 Å². The number of hydrogen-bond donors (Lipinski definition) is 3. The molecule has 8 rings (SSSR count). The maximum Gasteiger partial charge on any atom is 0.257 e. The summed E-state index contributed by atoms with van der Waals surface area (Å²) in [5, 5.41) is 19.4. The van der Waals surface area contributed by atoms with Crippen LogP contribution in [0.1, 0.15) is 54.0 Å². The highest BCUT2D eigenvalue weighted by atomic mass is 32.1. The molecule has 2 aromatic carbocycles. The van der Waals surface area contributed by atoms with Gasteiger partial charge in [0.05, 0.1) is 5.57 Å². The van der Waals surface area contributed by atoms with Gasteiger partial charge in [-0.2, -0.15) is 4.99 Å². The number of rotatable bonds is 4. The topological polar surface area (TPSA) is 117 Å². The summed E-state index contributed by atoms with van der Waals surface area (Å²) in [7, 11) is 0. The zero-order chi connectivity index (χ0) is 28.8. The minimum absolute atomic E-state index is 0.281. The van der Waals surface area contributed by atoms with Crippen molar-refractivity contribution in [2.75, 3.05) is 10.6 Å². The van der Waals surface area contributed by atoms with Crippen LogP contribution >= 0.6 is 11.3 Å². The van der Waals surface area contributed by atoms with Crippen LogP contribution in [0.25, 0.3) is 10.6 Å². The Balaban J connectivity index is 1.20. The lowest BCUT2D eigenvalue weighted by Gasteiger charge is -2.33. The molecule has 10 heteroatoms. The van der Waals surface area contributed by atoms with Crippen molar-refractivity contribution in [1.82, 2.24) is 20.5 Å². The molecule has 210 valence electrons. The van der Waals surface area contributed by atoms with E-state index in [2.05, 4.69) is 56.3 Å². The molecular weight excluding hydrogens is 544 g/mol. The largest absolute Gasteiger partial charge is 0.343 e. The molecule has 1 fully saturated rings. The Morgan fingerprint density at radius 1 is 0.976 bits per heavy atom. The van der Waals surface area contributed by atoms with E-state index < -0.39 is 6.04 Å². The van der Waals surface area contributed by atoms with Gasteiger partial charge in [0.25, 0.3) is 5.91 Å². The molecule has 9 nitrogen and oxygen atoms in total. The van der Waals surface area contributed by atoms with Crippen molar-refractivity contribution in [2.24, 2.45) is 15.9 Å². The van der Waals surface area contributed by atoms with Gasteiger partial charge < -0.3 is 10.6 Å². The van der Waals surface area contributed by atoms with Crippen molar-refractivity contribution in [3.05, 3.63) is 101 Å². The second-order valence-electron chi connectivity index (χ2n) is 11.1. The fraction of sp³-hybridized carbons (Fsp3) is 0.250. The molecule has 2 aromatic heterocycles. The van der Waals surface area contributed by atoms with E-state index in [0.717, 1.165) is 41.1 Å². The van der Waals surface area contributed by atoms with Gasteiger partial charge in [-0.1, -0.05) is 53.3 Å². The van der Waals surface area contributed by atoms with Gasteiger partial charge in [0.15, 0.2) is 5.01 Å². The average molecular weight is 575 g/mol. The number of nitrogens with one attached hydrogen (secondary N) is 3. The number of amides is 1. The minimum atomic E-state index is -0.535. The number of aromatic nitrogens is 3. The first-order chi connectivity index (χ1) is 20.4. The molecule has 4 aliphatic rings. The maximum atomic E-state index is 13.8. The molecule has 1 amide bonds. The zero-order valence-electron chi connectivity index (χ0n) is 23.5. The SMILES string of the molecule is CC1=C(C(=O)Nc2nnc(-c3cccnc3)s2)C(c2ccccc2C)N=C(N=C2Nc3ccc(C)cc3C3CC2C3)N1. The quantitative estimate of drug-likeness (QED) is 0.269. The minimum Gasteiger partial charge on any atom is -0.343 e. The molecular formula is C32H30N8OS. The van der Waals surface area contributed by atoms with E-state index in [1.54, 1.807) is 12.4 Å². The second kappa shape index (κ2) is 10.6. The number of aryl methyl sites for hydroxylation is 2. The molecule has 1 aliphatic carbocycles. The number of aliphatic imine (C=N–C) groups is 2. The van der Waals surface area contributed by atoms with Crippen LogP contribution in [0.5, 0.6) is 0 Å². The third-order valence-corrected chi connectivity index (χ3v) is 9.06. The van der Waals surface area contributed by atoms with Crippen molar-refractivity contribution in [3.8, 4) is 10.6 Å². The standard InChI is InChI=1S/C32H30N8OS/c1-17-10-11-25-24(13-17)21-14-22(15-21)28(35-25)37-31-34-19(3)26(27(36-31)23-9-5-4-7-18(23)2)29(41)38-32-40-39-30(42-32)20-8-6-12-33-16-20/h4-13,16,21-22,27H,14-15H2,1-3H3,(H,38,40,41)(H2,34,35,36,37). The van der Waals surface area contributed by atoms with E-state index in [-0.39, 0.29) is 5.91 Å². The smallest absolute Gasteiger partial charge is 0.257 e. The molecule has 3 N–H and O–H groups in total. The predicted octanol–water partition coefficient (Wildman–Crippen LogP) is 6.15. The van der Waals surface area contributed by atoms with Crippen molar-refractivity contribution >= 4 is 39.9 Å². The summed E-state index contributed by atoms with van der Waals surface area (Å²) in [5.41, 5.74) is 7.82. The van der Waals surface area contributed by atoms with Crippen LogP contribution in [0, 0.1) is 19.8 Å². The fourth-order valence-corrected chi connectivity index (χ4v) is 6.60. The van der Waals surface area contributed by atoms with E-state index in [0.29, 0.717) is 39.2 Å². The normalized spacial score (nSPS) is 21.8. The molecule has 0 radical (unpaired) electrons. The van der Waals surface area contributed by atoms with Gasteiger partial charge in [-0.15, -0.1) is 10.2 Å². The van der Waals surface area contributed by atoms with Gasteiger partial charge in [-0.25, -0.2) is 4.99 Å². The summed E-state index contributed by atoms with van der Waals surface area (Å²) in [6, 6.07) is 17.8. The molecule has 1 atom stereocenters. The summed E-state index contributed by atoms with van der Waals surface area (Å²) in [6.07, 6.45) is 5.57. The Bertz CT molecular complexity index is 1780.